The normalized spacial score (nSPS) is 11.0. The molecule has 0 saturated heterocycles. The number of ether oxygens (including phenoxy) is 2. The molecule has 3 rings (SSSR count). The van der Waals surface area contributed by atoms with Gasteiger partial charge in [-0.2, -0.15) is 5.26 Å². The second kappa shape index (κ2) is 7.60. The first-order chi connectivity index (χ1) is 12.2. The second-order valence-electron chi connectivity index (χ2n) is 5.07. The van der Waals surface area contributed by atoms with Gasteiger partial charge < -0.3 is 9.47 Å². The summed E-state index contributed by atoms with van der Waals surface area (Å²) in [5, 5.41) is 12.1. The van der Waals surface area contributed by atoms with E-state index in [9.17, 15) is 5.26 Å². The minimum atomic E-state index is 0.475. The highest BCUT2D eigenvalue weighted by atomic mass is 32.1. The van der Waals surface area contributed by atoms with Crippen molar-refractivity contribution >= 4 is 23.0 Å². The van der Waals surface area contributed by atoms with E-state index in [0.29, 0.717) is 22.1 Å². The molecule has 0 fully saturated rings. The number of thiazole rings is 1. The quantitative estimate of drug-likeness (QED) is 0.643. The largest absolute Gasteiger partial charge is 0.497 e. The van der Waals surface area contributed by atoms with Gasteiger partial charge in [-0.05, 0) is 35.9 Å². The third-order valence-corrected chi connectivity index (χ3v) is 4.34. The lowest BCUT2D eigenvalue weighted by Gasteiger charge is -2.06. The van der Waals surface area contributed by atoms with E-state index >= 15 is 0 Å². The van der Waals surface area contributed by atoms with Crippen LogP contribution in [0.2, 0.25) is 0 Å². The lowest BCUT2D eigenvalue weighted by Crippen LogP contribution is -1.89. The van der Waals surface area contributed by atoms with Gasteiger partial charge in [0.2, 0.25) is 0 Å². The van der Waals surface area contributed by atoms with E-state index in [4.69, 9.17) is 9.47 Å². The van der Waals surface area contributed by atoms with Crippen LogP contribution in [0, 0.1) is 11.3 Å². The summed E-state index contributed by atoms with van der Waals surface area (Å²) >= 11 is 1.41. The van der Waals surface area contributed by atoms with Crippen molar-refractivity contribution in [3.63, 3.8) is 0 Å². The van der Waals surface area contributed by atoms with E-state index < -0.39 is 0 Å². The number of hydrogen-bond acceptors (Lipinski definition) is 6. The van der Waals surface area contributed by atoms with E-state index in [-0.39, 0.29) is 0 Å². The van der Waals surface area contributed by atoms with Crippen LogP contribution in [0.25, 0.3) is 23.0 Å². The lowest BCUT2D eigenvalue weighted by molar-refractivity contribution is 0.394. The number of benzene rings is 1. The van der Waals surface area contributed by atoms with Crippen molar-refractivity contribution in [2.24, 2.45) is 0 Å². The van der Waals surface area contributed by atoms with Crippen LogP contribution < -0.4 is 9.47 Å². The molecule has 0 amide bonds. The molecule has 0 atom stereocenters. The number of nitriles is 1. The molecule has 3 aromatic rings. The number of pyridine rings is 1. The smallest absolute Gasteiger partial charge is 0.134 e. The molecule has 2 aromatic heterocycles. The van der Waals surface area contributed by atoms with Gasteiger partial charge in [0, 0.05) is 17.6 Å². The number of hydrogen-bond donors (Lipinski definition) is 0. The van der Waals surface area contributed by atoms with Gasteiger partial charge >= 0.3 is 0 Å². The Kier molecular flexibility index (Phi) is 5.07. The van der Waals surface area contributed by atoms with Gasteiger partial charge in [0.1, 0.15) is 28.3 Å². The average molecular weight is 349 g/mol. The summed E-state index contributed by atoms with van der Waals surface area (Å²) in [7, 11) is 3.18. The number of rotatable bonds is 5. The Morgan fingerprint density at radius 2 is 1.88 bits per heavy atom. The number of aromatic nitrogens is 2. The van der Waals surface area contributed by atoms with Gasteiger partial charge in [-0.15, -0.1) is 11.3 Å². The standard InChI is InChI=1S/C19H15N3O2S/c1-23-15-8-13(9-16(10-15)24-2)7-14(11-20)19-22-18(12-25-19)17-5-3-4-6-21-17/h3-10,12H,1-2H3. The topological polar surface area (TPSA) is 68.0 Å². The highest BCUT2D eigenvalue weighted by Crippen LogP contribution is 2.28. The Morgan fingerprint density at radius 3 is 2.48 bits per heavy atom. The average Bonchev–Trinajstić information content (AvgIpc) is 3.16. The fourth-order valence-electron chi connectivity index (χ4n) is 2.25. The molecule has 0 spiro atoms. The number of nitrogens with zero attached hydrogens (tertiary/aromatic N) is 3. The molecule has 0 radical (unpaired) electrons. The third kappa shape index (κ3) is 3.84. The Labute approximate surface area is 149 Å². The van der Waals surface area contributed by atoms with Gasteiger partial charge in [0.05, 0.1) is 25.5 Å². The van der Waals surface area contributed by atoms with E-state index in [1.807, 2.05) is 35.7 Å². The number of allylic oxidation sites excluding steroid dienone is 1. The Balaban J connectivity index is 1.97. The summed E-state index contributed by atoms with van der Waals surface area (Å²) in [5.74, 6) is 1.33. The van der Waals surface area contributed by atoms with Crippen LogP contribution in [0.4, 0.5) is 0 Å². The van der Waals surface area contributed by atoms with Gasteiger partial charge in [0.25, 0.3) is 0 Å². The van der Waals surface area contributed by atoms with Crippen molar-refractivity contribution in [2.75, 3.05) is 14.2 Å². The Hall–Kier alpha value is -3.17. The zero-order chi connectivity index (χ0) is 17.6. The fraction of sp³-hybridized carbons (Fsp3) is 0.105. The van der Waals surface area contributed by atoms with Crippen LogP contribution in [-0.2, 0) is 0 Å². The molecule has 0 unspecified atom stereocenters. The van der Waals surface area contributed by atoms with Crippen molar-refractivity contribution in [1.82, 2.24) is 9.97 Å². The first kappa shape index (κ1) is 16.7. The Bertz CT molecular complexity index is 921. The lowest BCUT2D eigenvalue weighted by atomic mass is 10.1. The number of methoxy groups -OCH3 is 2. The molecule has 0 aliphatic heterocycles. The van der Waals surface area contributed by atoms with E-state index in [0.717, 1.165) is 17.0 Å². The predicted octanol–water partition coefficient (Wildman–Crippen LogP) is 4.29. The first-order valence-corrected chi connectivity index (χ1v) is 8.33. The molecular formula is C19H15N3O2S. The zero-order valence-corrected chi connectivity index (χ0v) is 14.6. The van der Waals surface area contributed by atoms with Crippen molar-refractivity contribution in [3.05, 3.63) is 58.5 Å². The molecule has 6 heteroatoms. The highest BCUT2D eigenvalue weighted by molar-refractivity contribution is 7.11. The summed E-state index contributed by atoms with van der Waals surface area (Å²) < 4.78 is 10.5. The predicted molar refractivity (Wildman–Crippen MR) is 98.4 cm³/mol. The summed E-state index contributed by atoms with van der Waals surface area (Å²) in [6, 6.07) is 13.3. The molecule has 0 bridgehead atoms. The molecule has 0 aliphatic rings. The minimum absolute atomic E-state index is 0.475. The highest BCUT2D eigenvalue weighted by Gasteiger charge is 2.10. The molecule has 124 valence electrons. The van der Waals surface area contributed by atoms with Crippen molar-refractivity contribution < 1.29 is 9.47 Å². The van der Waals surface area contributed by atoms with Crippen LogP contribution >= 0.6 is 11.3 Å². The molecule has 0 N–H and O–H groups in total. The van der Waals surface area contributed by atoms with Gasteiger partial charge in [-0.1, -0.05) is 6.07 Å². The minimum Gasteiger partial charge on any atom is -0.497 e. The summed E-state index contributed by atoms with van der Waals surface area (Å²) in [6.45, 7) is 0. The molecule has 25 heavy (non-hydrogen) atoms. The van der Waals surface area contributed by atoms with Crippen molar-refractivity contribution in [3.8, 4) is 29.0 Å². The fourth-order valence-corrected chi connectivity index (χ4v) is 3.03. The van der Waals surface area contributed by atoms with Gasteiger partial charge in [0.15, 0.2) is 0 Å². The van der Waals surface area contributed by atoms with Crippen molar-refractivity contribution in [1.29, 1.82) is 5.26 Å². The monoisotopic (exact) mass is 349 g/mol. The van der Waals surface area contributed by atoms with Crippen LogP contribution in [-0.4, -0.2) is 24.2 Å². The molecule has 2 heterocycles. The summed E-state index contributed by atoms with van der Waals surface area (Å²) in [4.78, 5) is 8.82. The molecule has 0 aliphatic carbocycles. The van der Waals surface area contributed by atoms with E-state index in [2.05, 4.69) is 16.0 Å². The van der Waals surface area contributed by atoms with E-state index in [1.165, 1.54) is 11.3 Å². The second-order valence-corrected chi connectivity index (χ2v) is 5.93. The van der Waals surface area contributed by atoms with E-state index in [1.54, 1.807) is 32.6 Å². The SMILES string of the molecule is COc1cc(C=C(C#N)c2nc(-c3ccccn3)cs2)cc(OC)c1. The van der Waals surface area contributed by atoms with Crippen LogP contribution in [0.1, 0.15) is 10.6 Å². The van der Waals surface area contributed by atoms with Crippen LogP contribution in [0.3, 0.4) is 0 Å². The molecular weight excluding hydrogens is 334 g/mol. The summed E-state index contributed by atoms with van der Waals surface area (Å²) in [5.41, 5.74) is 2.82. The first-order valence-electron chi connectivity index (χ1n) is 7.45. The van der Waals surface area contributed by atoms with Crippen molar-refractivity contribution in [2.45, 2.75) is 0 Å². The zero-order valence-electron chi connectivity index (χ0n) is 13.8. The van der Waals surface area contributed by atoms with Crippen LogP contribution in [0.15, 0.2) is 48.0 Å². The van der Waals surface area contributed by atoms with Gasteiger partial charge in [-0.3, -0.25) is 4.98 Å². The Morgan fingerprint density at radius 1 is 1.12 bits per heavy atom. The van der Waals surface area contributed by atoms with Crippen LogP contribution in [0.5, 0.6) is 11.5 Å². The molecule has 1 aromatic carbocycles. The maximum atomic E-state index is 9.54. The maximum Gasteiger partial charge on any atom is 0.134 e. The summed E-state index contributed by atoms with van der Waals surface area (Å²) in [6.07, 6.45) is 3.49. The maximum absolute atomic E-state index is 9.54. The molecule has 5 nitrogen and oxygen atoms in total. The third-order valence-electron chi connectivity index (χ3n) is 3.47. The molecule has 0 saturated carbocycles. The van der Waals surface area contributed by atoms with Gasteiger partial charge in [-0.25, -0.2) is 4.98 Å².